The first-order valence-electron chi connectivity index (χ1n) is 9.30. The van der Waals surface area contributed by atoms with Gasteiger partial charge in [-0.1, -0.05) is 13.0 Å². The van der Waals surface area contributed by atoms with Gasteiger partial charge in [0, 0.05) is 48.0 Å². The van der Waals surface area contributed by atoms with E-state index in [-0.39, 0.29) is 4.90 Å². The summed E-state index contributed by atoms with van der Waals surface area (Å²) in [6.45, 7) is 3.01. The fourth-order valence-corrected chi connectivity index (χ4v) is 3.91. The minimum atomic E-state index is -3.29. The Bertz CT molecular complexity index is 1280. The van der Waals surface area contributed by atoms with Gasteiger partial charge in [-0.25, -0.2) is 23.4 Å². The van der Waals surface area contributed by atoms with E-state index in [1.165, 1.54) is 6.26 Å². The molecule has 3 heterocycles. The lowest BCUT2D eigenvalue weighted by atomic mass is 10.1. The summed E-state index contributed by atoms with van der Waals surface area (Å²) < 4.78 is 25.7. The van der Waals surface area contributed by atoms with Crippen molar-refractivity contribution in [1.82, 2.24) is 19.5 Å². The quantitative estimate of drug-likeness (QED) is 0.519. The largest absolute Gasteiger partial charge is 0.332 e. The maximum atomic E-state index is 11.8. The first kappa shape index (κ1) is 19.1. The Labute approximate surface area is 169 Å². The predicted molar refractivity (Wildman–Crippen MR) is 114 cm³/mol. The average molecular weight is 407 g/mol. The van der Waals surface area contributed by atoms with E-state index in [4.69, 9.17) is 0 Å². The van der Waals surface area contributed by atoms with Crippen molar-refractivity contribution in [3.8, 4) is 11.3 Å². The Balaban J connectivity index is 1.71. The van der Waals surface area contributed by atoms with Crippen molar-refractivity contribution in [2.24, 2.45) is 0 Å². The number of sulfone groups is 1. The van der Waals surface area contributed by atoms with E-state index in [1.54, 1.807) is 36.7 Å². The summed E-state index contributed by atoms with van der Waals surface area (Å²) in [5.41, 5.74) is 3.30. The Hall–Kier alpha value is -3.26. The van der Waals surface area contributed by atoms with E-state index in [9.17, 15) is 8.42 Å². The maximum Gasteiger partial charge on any atom is 0.227 e. The van der Waals surface area contributed by atoms with E-state index in [1.807, 2.05) is 18.2 Å². The molecule has 0 saturated heterocycles. The van der Waals surface area contributed by atoms with Gasteiger partial charge in [0.2, 0.25) is 5.95 Å². The maximum absolute atomic E-state index is 11.8. The Morgan fingerprint density at radius 3 is 2.72 bits per heavy atom. The second-order valence-electron chi connectivity index (χ2n) is 6.80. The summed E-state index contributed by atoms with van der Waals surface area (Å²) in [6, 6.07) is 12.4. The number of aryl methyl sites for hydroxylation is 1. The highest BCUT2D eigenvalue weighted by molar-refractivity contribution is 7.90. The molecule has 29 heavy (non-hydrogen) atoms. The number of nitrogens with zero attached hydrogens (tertiary/aromatic N) is 4. The first-order valence-corrected chi connectivity index (χ1v) is 11.2. The van der Waals surface area contributed by atoms with Crippen molar-refractivity contribution in [3.05, 3.63) is 61.1 Å². The third-order valence-electron chi connectivity index (χ3n) is 4.55. The van der Waals surface area contributed by atoms with Crippen molar-refractivity contribution in [3.63, 3.8) is 0 Å². The predicted octanol–water partition coefficient (Wildman–Crippen LogP) is 4.05. The summed E-state index contributed by atoms with van der Waals surface area (Å²) in [6.07, 6.45) is 7.73. The molecular formula is C21H21N5O2S. The van der Waals surface area contributed by atoms with Gasteiger partial charge in [-0.15, -0.1) is 0 Å². The van der Waals surface area contributed by atoms with Crippen LogP contribution in [0.1, 0.15) is 13.3 Å². The molecule has 1 aromatic carbocycles. The molecule has 1 N–H and O–H groups in total. The lowest BCUT2D eigenvalue weighted by Crippen LogP contribution is -2.01. The monoisotopic (exact) mass is 407 g/mol. The van der Waals surface area contributed by atoms with Gasteiger partial charge in [-0.05, 0) is 42.8 Å². The number of rotatable bonds is 6. The molecule has 0 fully saturated rings. The topological polar surface area (TPSA) is 89.8 Å². The fraction of sp³-hybridized carbons (Fsp3) is 0.190. The number of aromatic nitrogens is 4. The zero-order valence-electron chi connectivity index (χ0n) is 16.2. The van der Waals surface area contributed by atoms with Crippen LogP contribution >= 0.6 is 0 Å². The lowest BCUT2D eigenvalue weighted by Gasteiger charge is -2.07. The van der Waals surface area contributed by atoms with Crippen molar-refractivity contribution in [2.75, 3.05) is 11.6 Å². The number of pyridine rings is 1. The van der Waals surface area contributed by atoms with Gasteiger partial charge in [-0.2, -0.15) is 0 Å². The molecular weight excluding hydrogens is 386 g/mol. The smallest absolute Gasteiger partial charge is 0.227 e. The second-order valence-corrected chi connectivity index (χ2v) is 8.82. The molecule has 0 bridgehead atoms. The minimum Gasteiger partial charge on any atom is -0.332 e. The Morgan fingerprint density at radius 2 is 1.93 bits per heavy atom. The van der Waals surface area contributed by atoms with E-state index >= 15 is 0 Å². The molecule has 0 aliphatic rings. The van der Waals surface area contributed by atoms with Crippen LogP contribution in [-0.2, 0) is 16.4 Å². The summed E-state index contributed by atoms with van der Waals surface area (Å²) >= 11 is 0. The van der Waals surface area contributed by atoms with Crippen LogP contribution in [0.15, 0.2) is 66.0 Å². The van der Waals surface area contributed by atoms with Crippen molar-refractivity contribution in [2.45, 2.75) is 24.8 Å². The molecule has 0 radical (unpaired) electrons. The molecule has 4 aromatic rings. The zero-order chi connectivity index (χ0) is 20.4. The molecule has 0 spiro atoms. The molecule has 8 heteroatoms. The zero-order valence-corrected chi connectivity index (χ0v) is 17.0. The summed E-state index contributed by atoms with van der Waals surface area (Å²) in [4.78, 5) is 13.7. The van der Waals surface area contributed by atoms with E-state index in [2.05, 4.69) is 38.0 Å². The number of hydrogen-bond acceptors (Lipinski definition) is 6. The van der Waals surface area contributed by atoms with Gasteiger partial charge in [0.15, 0.2) is 9.84 Å². The highest BCUT2D eigenvalue weighted by Gasteiger charge is 2.13. The van der Waals surface area contributed by atoms with Gasteiger partial charge in [0.25, 0.3) is 0 Å². The third kappa shape index (κ3) is 3.97. The van der Waals surface area contributed by atoms with Gasteiger partial charge in [0.1, 0.15) is 5.65 Å². The van der Waals surface area contributed by atoms with Crippen molar-refractivity contribution >= 4 is 32.5 Å². The summed E-state index contributed by atoms with van der Waals surface area (Å²) in [7, 11) is -3.29. The Morgan fingerprint density at radius 1 is 1.07 bits per heavy atom. The second kappa shape index (κ2) is 7.63. The fourth-order valence-electron chi connectivity index (χ4n) is 3.24. The van der Waals surface area contributed by atoms with Crippen molar-refractivity contribution in [1.29, 1.82) is 0 Å². The number of anilines is 2. The molecule has 0 aliphatic heterocycles. The van der Waals surface area contributed by atoms with Crippen LogP contribution in [-0.4, -0.2) is 34.2 Å². The summed E-state index contributed by atoms with van der Waals surface area (Å²) in [5.74, 6) is 0.397. The minimum absolute atomic E-state index is 0.243. The standard InChI is InChI=1S/C21H21N5O2S/c1-3-12-26-14-18(17-8-5-10-22-20(17)26)19-9-11-23-21(25-19)24-15-6-4-7-16(13-15)29(2,27)28/h4-11,13-14H,3,12H2,1-2H3,(H,23,24,25). The molecule has 0 amide bonds. The van der Waals surface area contributed by atoms with Gasteiger partial charge < -0.3 is 9.88 Å². The molecule has 3 aromatic heterocycles. The molecule has 0 aliphatic carbocycles. The van der Waals surface area contributed by atoms with Gasteiger partial charge >= 0.3 is 0 Å². The van der Waals surface area contributed by atoms with Crippen LogP contribution in [0, 0.1) is 0 Å². The number of hydrogen-bond donors (Lipinski definition) is 1. The van der Waals surface area contributed by atoms with Crippen LogP contribution in [0.5, 0.6) is 0 Å². The molecule has 7 nitrogen and oxygen atoms in total. The first-order chi connectivity index (χ1) is 14.0. The highest BCUT2D eigenvalue weighted by Crippen LogP contribution is 2.29. The van der Waals surface area contributed by atoms with E-state index in [0.717, 1.165) is 35.3 Å². The Kier molecular flexibility index (Phi) is 5.02. The van der Waals surface area contributed by atoms with E-state index < -0.39 is 9.84 Å². The van der Waals surface area contributed by atoms with Crippen LogP contribution in [0.4, 0.5) is 11.6 Å². The molecule has 0 unspecified atom stereocenters. The van der Waals surface area contributed by atoms with E-state index in [0.29, 0.717) is 11.6 Å². The average Bonchev–Trinajstić information content (AvgIpc) is 3.07. The molecule has 148 valence electrons. The van der Waals surface area contributed by atoms with Crippen LogP contribution in [0.2, 0.25) is 0 Å². The lowest BCUT2D eigenvalue weighted by molar-refractivity contribution is 0.602. The summed E-state index contributed by atoms with van der Waals surface area (Å²) in [5, 5.41) is 4.13. The van der Waals surface area contributed by atoms with Crippen LogP contribution in [0.25, 0.3) is 22.3 Å². The number of benzene rings is 1. The van der Waals surface area contributed by atoms with Crippen LogP contribution in [0.3, 0.4) is 0 Å². The highest BCUT2D eigenvalue weighted by atomic mass is 32.2. The van der Waals surface area contributed by atoms with Crippen LogP contribution < -0.4 is 5.32 Å². The number of fused-ring (bicyclic) bond motifs is 1. The SMILES string of the molecule is CCCn1cc(-c2ccnc(Nc3cccc(S(C)(=O)=O)c3)n2)c2cccnc21. The van der Waals surface area contributed by atoms with Gasteiger partial charge in [-0.3, -0.25) is 0 Å². The van der Waals surface area contributed by atoms with Gasteiger partial charge in [0.05, 0.1) is 10.6 Å². The molecule has 4 rings (SSSR count). The molecule has 0 atom stereocenters. The number of nitrogens with one attached hydrogen (secondary N) is 1. The third-order valence-corrected chi connectivity index (χ3v) is 5.66. The van der Waals surface area contributed by atoms with Crippen molar-refractivity contribution < 1.29 is 8.42 Å². The molecule has 0 saturated carbocycles. The normalized spacial score (nSPS) is 11.7.